The molecule has 5 nitrogen and oxygen atoms in total. The molecule has 1 atom stereocenters. The lowest BCUT2D eigenvalue weighted by atomic mass is 10.2. The maximum atomic E-state index is 5.89. The van der Waals surface area contributed by atoms with Crippen LogP contribution in [-0.2, 0) is 0 Å². The van der Waals surface area contributed by atoms with E-state index in [1.165, 1.54) is 12.8 Å². The van der Waals surface area contributed by atoms with Gasteiger partial charge in [0.1, 0.15) is 11.5 Å². The Morgan fingerprint density at radius 3 is 2.57 bits per heavy atom. The molecule has 0 saturated carbocycles. The number of likely N-dealkylation sites (tertiary alicyclic amines) is 1. The largest absolute Gasteiger partial charge is 0.465 e. The van der Waals surface area contributed by atoms with Crippen LogP contribution >= 0.6 is 24.0 Å². The van der Waals surface area contributed by atoms with Gasteiger partial charge >= 0.3 is 0 Å². The predicted octanol–water partition coefficient (Wildman–Crippen LogP) is 2.66. The zero-order chi connectivity index (χ0) is 14.5. The van der Waals surface area contributed by atoms with Gasteiger partial charge in [-0.05, 0) is 58.8 Å². The number of aryl methyl sites for hydroxylation is 1. The summed E-state index contributed by atoms with van der Waals surface area (Å²) in [5.41, 5.74) is 5.89. The molecule has 0 spiro atoms. The number of hydrogen-bond acceptors (Lipinski definition) is 3. The summed E-state index contributed by atoms with van der Waals surface area (Å²) in [7, 11) is 0. The molecule has 0 aliphatic carbocycles. The summed E-state index contributed by atoms with van der Waals surface area (Å²) in [5, 5.41) is 3.12. The third kappa shape index (κ3) is 5.50. The van der Waals surface area contributed by atoms with Crippen LogP contribution in [0.1, 0.15) is 44.3 Å². The summed E-state index contributed by atoms with van der Waals surface area (Å²) in [4.78, 5) is 6.91. The monoisotopic (exact) mass is 406 g/mol. The number of nitrogens with two attached hydrogens (primary N) is 1. The van der Waals surface area contributed by atoms with Crippen molar-refractivity contribution in [1.29, 1.82) is 0 Å². The molecule has 0 bridgehead atoms. The zero-order valence-electron chi connectivity index (χ0n) is 13.1. The van der Waals surface area contributed by atoms with Gasteiger partial charge in [-0.25, -0.2) is 0 Å². The first-order chi connectivity index (χ1) is 9.56. The van der Waals surface area contributed by atoms with E-state index in [1.54, 1.807) is 0 Å². The van der Waals surface area contributed by atoms with Crippen molar-refractivity contribution >= 4 is 29.9 Å². The number of nitrogens with one attached hydrogen (secondary N) is 1. The minimum Gasteiger partial charge on any atom is -0.465 e. The average molecular weight is 406 g/mol. The van der Waals surface area contributed by atoms with Gasteiger partial charge in [-0.15, -0.1) is 24.0 Å². The molecule has 21 heavy (non-hydrogen) atoms. The summed E-state index contributed by atoms with van der Waals surface area (Å²) in [6, 6.07) is 4.56. The fourth-order valence-electron chi connectivity index (χ4n) is 2.60. The maximum absolute atomic E-state index is 5.89. The van der Waals surface area contributed by atoms with Crippen LogP contribution in [-0.4, -0.2) is 36.5 Å². The van der Waals surface area contributed by atoms with Crippen LogP contribution in [0.5, 0.6) is 0 Å². The van der Waals surface area contributed by atoms with Gasteiger partial charge in [-0.2, -0.15) is 0 Å². The Hall–Kier alpha value is -0.760. The molecule has 1 fully saturated rings. The first-order valence-corrected chi connectivity index (χ1v) is 7.43. The highest BCUT2D eigenvalue weighted by atomic mass is 127. The second-order valence-electron chi connectivity index (χ2n) is 5.73. The highest BCUT2D eigenvalue weighted by Crippen LogP contribution is 2.26. The topological polar surface area (TPSA) is 66.8 Å². The van der Waals surface area contributed by atoms with Crippen LogP contribution in [0.2, 0.25) is 0 Å². The fraction of sp³-hybridized carbons (Fsp3) is 0.667. The van der Waals surface area contributed by atoms with Crippen molar-refractivity contribution in [1.82, 2.24) is 10.2 Å². The number of halogens is 1. The number of rotatable bonds is 5. The Morgan fingerprint density at radius 2 is 2.05 bits per heavy atom. The van der Waals surface area contributed by atoms with E-state index >= 15 is 0 Å². The van der Waals surface area contributed by atoms with Gasteiger partial charge < -0.3 is 15.5 Å². The molecule has 0 amide bonds. The summed E-state index contributed by atoms with van der Waals surface area (Å²) < 4.78 is 5.80. The SMILES string of the molecule is Cc1ccc(C(CN=C(N)NC(C)C)N2CCCC2)o1.I. The Morgan fingerprint density at radius 1 is 1.38 bits per heavy atom. The van der Waals surface area contributed by atoms with Gasteiger partial charge in [0.15, 0.2) is 5.96 Å². The lowest BCUT2D eigenvalue weighted by molar-refractivity contribution is 0.219. The molecular weight excluding hydrogens is 379 g/mol. The minimum absolute atomic E-state index is 0. The summed E-state index contributed by atoms with van der Waals surface area (Å²) in [6.45, 7) is 8.93. The van der Waals surface area contributed by atoms with E-state index in [4.69, 9.17) is 10.2 Å². The van der Waals surface area contributed by atoms with Crippen molar-refractivity contribution in [2.45, 2.75) is 45.7 Å². The smallest absolute Gasteiger partial charge is 0.188 e. The molecule has 1 aromatic heterocycles. The van der Waals surface area contributed by atoms with E-state index in [1.807, 2.05) is 13.0 Å². The second-order valence-corrected chi connectivity index (χ2v) is 5.73. The third-order valence-corrected chi connectivity index (χ3v) is 3.54. The molecule has 1 aliphatic heterocycles. The van der Waals surface area contributed by atoms with E-state index < -0.39 is 0 Å². The molecular formula is C15H27IN4O. The number of aliphatic imine (C=N–C) groups is 1. The van der Waals surface area contributed by atoms with E-state index in [2.05, 4.69) is 35.1 Å². The number of hydrogen-bond donors (Lipinski definition) is 2. The lowest BCUT2D eigenvalue weighted by Gasteiger charge is -2.24. The number of nitrogens with zero attached hydrogens (tertiary/aromatic N) is 2. The van der Waals surface area contributed by atoms with Gasteiger partial charge in [0.05, 0.1) is 12.6 Å². The van der Waals surface area contributed by atoms with Crippen molar-refractivity contribution in [2.75, 3.05) is 19.6 Å². The number of guanidine groups is 1. The normalized spacial score (nSPS) is 17.8. The molecule has 1 saturated heterocycles. The van der Waals surface area contributed by atoms with Crippen LogP contribution in [0.3, 0.4) is 0 Å². The van der Waals surface area contributed by atoms with Gasteiger partial charge in [-0.3, -0.25) is 9.89 Å². The molecule has 1 unspecified atom stereocenters. The Labute approximate surface area is 144 Å². The van der Waals surface area contributed by atoms with Gasteiger partial charge in [0, 0.05) is 6.04 Å². The fourth-order valence-corrected chi connectivity index (χ4v) is 2.60. The van der Waals surface area contributed by atoms with Crippen molar-refractivity contribution < 1.29 is 4.42 Å². The molecule has 0 aromatic carbocycles. The van der Waals surface area contributed by atoms with Crippen molar-refractivity contribution in [3.05, 3.63) is 23.7 Å². The molecule has 1 aromatic rings. The Balaban J connectivity index is 0.00000220. The van der Waals surface area contributed by atoms with E-state index in [-0.39, 0.29) is 30.0 Å². The Kier molecular flexibility index (Phi) is 7.51. The van der Waals surface area contributed by atoms with E-state index in [9.17, 15) is 0 Å². The highest BCUT2D eigenvalue weighted by Gasteiger charge is 2.25. The predicted molar refractivity (Wildman–Crippen MR) is 97.2 cm³/mol. The first-order valence-electron chi connectivity index (χ1n) is 7.43. The van der Waals surface area contributed by atoms with Crippen LogP contribution in [0.15, 0.2) is 21.5 Å². The Bertz CT molecular complexity index is 452. The van der Waals surface area contributed by atoms with Crippen LogP contribution in [0.25, 0.3) is 0 Å². The highest BCUT2D eigenvalue weighted by molar-refractivity contribution is 14.0. The zero-order valence-corrected chi connectivity index (χ0v) is 15.5. The van der Waals surface area contributed by atoms with Gasteiger partial charge in [0.25, 0.3) is 0 Å². The quantitative estimate of drug-likeness (QED) is 0.448. The second kappa shape index (κ2) is 8.63. The number of furan rings is 1. The molecule has 120 valence electrons. The molecule has 6 heteroatoms. The molecule has 1 aliphatic rings. The molecule has 2 heterocycles. The average Bonchev–Trinajstić information content (AvgIpc) is 3.01. The lowest BCUT2D eigenvalue weighted by Crippen LogP contribution is -2.37. The standard InChI is InChI=1S/C15H26N4O.HI/c1-11(2)18-15(16)17-10-13(19-8-4-5-9-19)14-7-6-12(3)20-14;/h6-7,11,13H,4-5,8-10H2,1-3H3,(H3,16,17,18);1H. The van der Waals surface area contributed by atoms with Crippen LogP contribution in [0, 0.1) is 6.92 Å². The van der Waals surface area contributed by atoms with Crippen molar-refractivity contribution in [3.8, 4) is 0 Å². The van der Waals surface area contributed by atoms with Gasteiger partial charge in [0.2, 0.25) is 0 Å². The van der Waals surface area contributed by atoms with Crippen molar-refractivity contribution in [2.24, 2.45) is 10.7 Å². The van der Waals surface area contributed by atoms with Crippen LogP contribution in [0.4, 0.5) is 0 Å². The first kappa shape index (κ1) is 18.3. The molecule has 3 N–H and O–H groups in total. The van der Waals surface area contributed by atoms with Gasteiger partial charge in [-0.1, -0.05) is 0 Å². The third-order valence-electron chi connectivity index (χ3n) is 3.54. The summed E-state index contributed by atoms with van der Waals surface area (Å²) in [6.07, 6.45) is 2.50. The van der Waals surface area contributed by atoms with Crippen molar-refractivity contribution in [3.63, 3.8) is 0 Å². The summed E-state index contributed by atoms with van der Waals surface area (Å²) >= 11 is 0. The minimum atomic E-state index is 0. The summed E-state index contributed by atoms with van der Waals surface area (Å²) in [5.74, 6) is 2.44. The van der Waals surface area contributed by atoms with E-state index in [0.717, 1.165) is 24.6 Å². The van der Waals surface area contributed by atoms with Crippen LogP contribution < -0.4 is 11.1 Å². The van der Waals surface area contributed by atoms with E-state index in [0.29, 0.717) is 18.5 Å². The molecule has 0 radical (unpaired) electrons. The molecule has 2 rings (SSSR count). The maximum Gasteiger partial charge on any atom is 0.188 e.